The summed E-state index contributed by atoms with van der Waals surface area (Å²) in [6.45, 7) is 1.31. The summed E-state index contributed by atoms with van der Waals surface area (Å²) in [7, 11) is 0. The Balaban J connectivity index is 1.14. The first-order chi connectivity index (χ1) is 15.6. The van der Waals surface area contributed by atoms with Gasteiger partial charge in [-0.15, -0.1) is 0 Å². The third-order valence-corrected chi connectivity index (χ3v) is 6.26. The average molecular weight is 439 g/mol. The molecule has 4 rings (SSSR count). The van der Waals surface area contributed by atoms with Crippen LogP contribution in [-0.2, 0) is 22.4 Å². The van der Waals surface area contributed by atoms with Crippen molar-refractivity contribution in [2.24, 2.45) is 5.92 Å². The van der Waals surface area contributed by atoms with Gasteiger partial charge in [-0.1, -0.05) is 6.07 Å². The van der Waals surface area contributed by atoms with Crippen LogP contribution in [0, 0.1) is 5.92 Å². The number of nitrogens with zero attached hydrogens (tertiary/aromatic N) is 2. The molecule has 32 heavy (non-hydrogen) atoms. The van der Waals surface area contributed by atoms with Crippen molar-refractivity contribution in [3.63, 3.8) is 0 Å². The van der Waals surface area contributed by atoms with E-state index in [0.717, 1.165) is 50.2 Å². The molecule has 1 saturated carbocycles. The van der Waals surface area contributed by atoms with Gasteiger partial charge < -0.3 is 20.5 Å². The SMILES string of the molecule is O=C(NC(CCO[C@H]1C[C@@H](CCc2ccc3c(n2)NCCC3)C1)C(=O)O)c1ccncc1. The summed E-state index contributed by atoms with van der Waals surface area (Å²) in [4.78, 5) is 32.3. The van der Waals surface area contributed by atoms with E-state index in [0.29, 0.717) is 18.1 Å². The van der Waals surface area contributed by atoms with Gasteiger partial charge in [-0.2, -0.15) is 0 Å². The highest BCUT2D eigenvalue weighted by atomic mass is 16.5. The Bertz CT molecular complexity index is 931. The number of pyridine rings is 2. The number of carboxylic acids is 1. The maximum atomic E-state index is 12.2. The Hall–Kier alpha value is -3.00. The second-order valence-electron chi connectivity index (χ2n) is 8.60. The van der Waals surface area contributed by atoms with Gasteiger partial charge in [-0.3, -0.25) is 9.78 Å². The quantitative estimate of drug-likeness (QED) is 0.523. The summed E-state index contributed by atoms with van der Waals surface area (Å²) in [5, 5.41) is 15.3. The maximum Gasteiger partial charge on any atom is 0.326 e. The van der Waals surface area contributed by atoms with Crippen molar-refractivity contribution in [2.75, 3.05) is 18.5 Å². The van der Waals surface area contributed by atoms with Crippen LogP contribution in [0.1, 0.15) is 53.7 Å². The number of carboxylic acid groups (broad SMARTS) is 1. The number of hydrogen-bond donors (Lipinski definition) is 3. The van der Waals surface area contributed by atoms with E-state index in [9.17, 15) is 14.7 Å². The van der Waals surface area contributed by atoms with E-state index in [4.69, 9.17) is 9.72 Å². The molecule has 8 nitrogen and oxygen atoms in total. The molecule has 0 saturated heterocycles. The number of nitrogens with one attached hydrogen (secondary N) is 2. The summed E-state index contributed by atoms with van der Waals surface area (Å²) in [5.41, 5.74) is 2.84. The number of anilines is 1. The van der Waals surface area contributed by atoms with Crippen molar-refractivity contribution < 1.29 is 19.4 Å². The standard InChI is InChI=1S/C24H30N4O4/c29-23(18-7-11-25-12-8-18)28-21(24(30)31)9-13-32-20-14-16(15-20)3-5-19-6-4-17-2-1-10-26-22(17)27-19/h4,6-8,11-12,16,20-21H,1-3,5,9-10,13-15H2,(H,26,27)(H,28,29)(H,30,31)/t16-,20+,21?. The monoisotopic (exact) mass is 438 g/mol. The minimum absolute atomic E-state index is 0.170. The van der Waals surface area contributed by atoms with E-state index in [1.165, 1.54) is 24.4 Å². The molecule has 3 N–H and O–H groups in total. The molecule has 1 aliphatic heterocycles. The summed E-state index contributed by atoms with van der Waals surface area (Å²) in [5.74, 6) is 0.184. The van der Waals surface area contributed by atoms with E-state index >= 15 is 0 Å². The molecule has 1 aliphatic carbocycles. The third-order valence-electron chi connectivity index (χ3n) is 6.26. The number of amides is 1. The van der Waals surface area contributed by atoms with E-state index in [1.807, 2.05) is 0 Å². The fourth-order valence-electron chi connectivity index (χ4n) is 4.26. The van der Waals surface area contributed by atoms with Crippen molar-refractivity contribution >= 4 is 17.7 Å². The minimum atomic E-state index is -1.06. The Labute approximate surface area is 187 Å². The summed E-state index contributed by atoms with van der Waals surface area (Å²) in [6.07, 6.45) is 9.71. The molecule has 1 amide bonds. The van der Waals surface area contributed by atoms with Crippen LogP contribution in [-0.4, -0.2) is 52.2 Å². The number of ether oxygens (including phenoxy) is 1. The molecule has 1 atom stereocenters. The van der Waals surface area contributed by atoms with Crippen molar-refractivity contribution in [1.82, 2.24) is 15.3 Å². The Morgan fingerprint density at radius 1 is 1.22 bits per heavy atom. The van der Waals surface area contributed by atoms with Crippen LogP contribution in [0.3, 0.4) is 0 Å². The molecule has 0 aromatic carbocycles. The molecule has 0 radical (unpaired) electrons. The van der Waals surface area contributed by atoms with Gasteiger partial charge in [0.1, 0.15) is 11.9 Å². The van der Waals surface area contributed by atoms with E-state index in [-0.39, 0.29) is 12.5 Å². The van der Waals surface area contributed by atoms with Crippen molar-refractivity contribution in [3.05, 3.63) is 53.5 Å². The van der Waals surface area contributed by atoms with Crippen molar-refractivity contribution in [2.45, 2.75) is 57.1 Å². The predicted molar refractivity (Wildman–Crippen MR) is 120 cm³/mol. The number of aliphatic carboxylic acids is 1. The molecule has 0 spiro atoms. The zero-order chi connectivity index (χ0) is 22.3. The van der Waals surface area contributed by atoms with Crippen LogP contribution >= 0.6 is 0 Å². The molecule has 0 bridgehead atoms. The maximum absolute atomic E-state index is 12.2. The van der Waals surface area contributed by atoms with E-state index in [1.54, 1.807) is 12.1 Å². The van der Waals surface area contributed by atoms with Gasteiger partial charge in [0.15, 0.2) is 0 Å². The van der Waals surface area contributed by atoms with Crippen LogP contribution in [0.15, 0.2) is 36.7 Å². The van der Waals surface area contributed by atoms with Crippen LogP contribution in [0.2, 0.25) is 0 Å². The third kappa shape index (κ3) is 5.82. The fraction of sp³-hybridized carbons (Fsp3) is 0.500. The Morgan fingerprint density at radius 2 is 2.03 bits per heavy atom. The summed E-state index contributed by atoms with van der Waals surface area (Å²) < 4.78 is 5.85. The molecule has 1 unspecified atom stereocenters. The Kier molecular flexibility index (Phi) is 7.32. The lowest BCUT2D eigenvalue weighted by molar-refractivity contribution is -0.140. The van der Waals surface area contributed by atoms with E-state index < -0.39 is 17.9 Å². The summed E-state index contributed by atoms with van der Waals surface area (Å²) in [6, 6.07) is 6.47. The summed E-state index contributed by atoms with van der Waals surface area (Å²) >= 11 is 0. The van der Waals surface area contributed by atoms with Crippen LogP contribution in [0.5, 0.6) is 0 Å². The highest BCUT2D eigenvalue weighted by molar-refractivity contribution is 5.96. The highest BCUT2D eigenvalue weighted by Gasteiger charge is 2.30. The minimum Gasteiger partial charge on any atom is -0.480 e. The molecule has 3 heterocycles. The van der Waals surface area contributed by atoms with Crippen LogP contribution < -0.4 is 10.6 Å². The molecular formula is C24H30N4O4. The van der Waals surface area contributed by atoms with Gasteiger partial charge in [0.05, 0.1) is 6.10 Å². The highest BCUT2D eigenvalue weighted by Crippen LogP contribution is 2.34. The lowest BCUT2D eigenvalue weighted by Crippen LogP contribution is -2.42. The topological polar surface area (TPSA) is 113 Å². The van der Waals surface area contributed by atoms with Gasteiger partial charge in [-0.25, -0.2) is 9.78 Å². The number of rotatable bonds is 10. The first-order valence-corrected chi connectivity index (χ1v) is 11.4. The van der Waals surface area contributed by atoms with Gasteiger partial charge in [-0.05, 0) is 68.2 Å². The van der Waals surface area contributed by atoms with E-state index in [2.05, 4.69) is 27.8 Å². The Morgan fingerprint density at radius 3 is 2.81 bits per heavy atom. The first-order valence-electron chi connectivity index (χ1n) is 11.4. The second kappa shape index (κ2) is 10.5. The van der Waals surface area contributed by atoms with Gasteiger partial charge >= 0.3 is 5.97 Å². The lowest BCUT2D eigenvalue weighted by Gasteiger charge is -2.35. The largest absolute Gasteiger partial charge is 0.480 e. The second-order valence-corrected chi connectivity index (χ2v) is 8.60. The van der Waals surface area contributed by atoms with Crippen LogP contribution in [0.25, 0.3) is 0 Å². The molecule has 170 valence electrons. The zero-order valence-corrected chi connectivity index (χ0v) is 18.1. The van der Waals surface area contributed by atoms with Crippen molar-refractivity contribution in [1.29, 1.82) is 0 Å². The van der Waals surface area contributed by atoms with Gasteiger partial charge in [0, 0.05) is 43.2 Å². The smallest absolute Gasteiger partial charge is 0.326 e. The zero-order valence-electron chi connectivity index (χ0n) is 18.1. The number of aromatic nitrogens is 2. The molecule has 1 fully saturated rings. The normalized spacial score (nSPS) is 20.4. The average Bonchev–Trinajstić information content (AvgIpc) is 2.79. The molecule has 2 aromatic rings. The number of carbonyl (C=O) groups is 2. The predicted octanol–water partition coefficient (Wildman–Crippen LogP) is 2.84. The molecule has 2 aliphatic rings. The molecular weight excluding hydrogens is 408 g/mol. The number of aryl methyl sites for hydroxylation is 2. The van der Waals surface area contributed by atoms with Crippen molar-refractivity contribution in [3.8, 4) is 0 Å². The lowest BCUT2D eigenvalue weighted by atomic mass is 9.79. The first kappa shape index (κ1) is 22.2. The molecule has 8 heteroatoms. The van der Waals surface area contributed by atoms with Gasteiger partial charge in [0.25, 0.3) is 5.91 Å². The molecule has 2 aromatic heterocycles. The van der Waals surface area contributed by atoms with Crippen LogP contribution in [0.4, 0.5) is 5.82 Å². The number of carbonyl (C=O) groups excluding carboxylic acids is 1. The fourth-order valence-corrected chi connectivity index (χ4v) is 4.26. The number of fused-ring (bicyclic) bond motifs is 1. The van der Waals surface area contributed by atoms with Gasteiger partial charge in [0.2, 0.25) is 0 Å². The number of hydrogen-bond acceptors (Lipinski definition) is 6.